The van der Waals surface area contributed by atoms with Crippen molar-refractivity contribution < 1.29 is 9.59 Å². The van der Waals surface area contributed by atoms with E-state index < -0.39 is 0 Å². The minimum absolute atomic E-state index is 0.0412. The lowest BCUT2D eigenvalue weighted by atomic mass is 10.0. The highest BCUT2D eigenvalue weighted by molar-refractivity contribution is 5.77. The number of rotatable bonds is 4. The number of amides is 3. The molecule has 0 unspecified atom stereocenters. The van der Waals surface area contributed by atoms with E-state index in [1.165, 1.54) is 0 Å². The molecule has 2 fully saturated rings. The van der Waals surface area contributed by atoms with Gasteiger partial charge in [-0.3, -0.25) is 4.79 Å². The maximum atomic E-state index is 12.0. The average molecular weight is 281 g/mol. The number of carbonyl (C=O) groups excluding carboxylic acids is 2. The fourth-order valence-corrected chi connectivity index (χ4v) is 2.66. The van der Waals surface area contributed by atoms with Crippen molar-refractivity contribution in [2.24, 2.45) is 5.92 Å². The SMILES string of the molecule is CC(C)CC(=O)N1CCC(NC(=O)N(C)C2CC2)CC1. The van der Waals surface area contributed by atoms with Crippen LogP contribution in [0.15, 0.2) is 0 Å². The normalized spacial score (nSPS) is 20.1. The van der Waals surface area contributed by atoms with Gasteiger partial charge >= 0.3 is 6.03 Å². The van der Waals surface area contributed by atoms with Crippen molar-refractivity contribution in [1.29, 1.82) is 0 Å². The molecule has 1 saturated heterocycles. The van der Waals surface area contributed by atoms with E-state index in [9.17, 15) is 9.59 Å². The fourth-order valence-electron chi connectivity index (χ4n) is 2.66. The topological polar surface area (TPSA) is 52.7 Å². The molecule has 1 N–H and O–H groups in total. The number of nitrogens with one attached hydrogen (secondary N) is 1. The van der Waals surface area contributed by atoms with Crippen molar-refractivity contribution in [3.8, 4) is 0 Å². The van der Waals surface area contributed by atoms with Crippen LogP contribution in [0.1, 0.15) is 46.0 Å². The van der Waals surface area contributed by atoms with Crippen LogP contribution in [0, 0.1) is 5.92 Å². The van der Waals surface area contributed by atoms with Crippen molar-refractivity contribution in [2.75, 3.05) is 20.1 Å². The molecule has 3 amide bonds. The Bertz CT molecular complexity index is 358. The Morgan fingerprint density at radius 1 is 1.20 bits per heavy atom. The molecule has 0 aromatic rings. The molecule has 2 aliphatic rings. The smallest absolute Gasteiger partial charge is 0.317 e. The van der Waals surface area contributed by atoms with E-state index in [0.717, 1.165) is 38.8 Å². The third-order valence-electron chi connectivity index (χ3n) is 4.17. The summed E-state index contributed by atoms with van der Waals surface area (Å²) in [7, 11) is 1.87. The van der Waals surface area contributed by atoms with Gasteiger partial charge in [0.1, 0.15) is 0 Å². The van der Waals surface area contributed by atoms with Gasteiger partial charge in [-0.25, -0.2) is 4.79 Å². The Kier molecular flexibility index (Phi) is 4.89. The highest BCUT2D eigenvalue weighted by atomic mass is 16.2. The first kappa shape index (κ1) is 15.1. The van der Waals surface area contributed by atoms with Crippen molar-refractivity contribution in [1.82, 2.24) is 15.1 Å². The maximum Gasteiger partial charge on any atom is 0.317 e. The van der Waals surface area contributed by atoms with Gasteiger partial charge in [0.2, 0.25) is 5.91 Å². The van der Waals surface area contributed by atoms with Crippen LogP contribution in [0.5, 0.6) is 0 Å². The Labute approximate surface area is 121 Å². The van der Waals surface area contributed by atoms with Gasteiger partial charge in [0.15, 0.2) is 0 Å². The van der Waals surface area contributed by atoms with Gasteiger partial charge in [0.05, 0.1) is 0 Å². The van der Waals surface area contributed by atoms with Crippen molar-refractivity contribution >= 4 is 11.9 Å². The quantitative estimate of drug-likeness (QED) is 0.854. The number of urea groups is 1. The van der Waals surface area contributed by atoms with Gasteiger partial charge in [-0.15, -0.1) is 0 Å². The summed E-state index contributed by atoms with van der Waals surface area (Å²) in [5, 5.41) is 3.09. The van der Waals surface area contributed by atoms with Crippen LogP contribution < -0.4 is 5.32 Å². The van der Waals surface area contributed by atoms with Crippen LogP contribution >= 0.6 is 0 Å². The summed E-state index contributed by atoms with van der Waals surface area (Å²) in [4.78, 5) is 27.7. The van der Waals surface area contributed by atoms with Crippen molar-refractivity contribution in [2.45, 2.75) is 58.0 Å². The summed E-state index contributed by atoms with van der Waals surface area (Å²) in [5.74, 6) is 0.659. The first-order chi connectivity index (χ1) is 9.47. The lowest BCUT2D eigenvalue weighted by Gasteiger charge is -2.33. The highest BCUT2D eigenvalue weighted by Crippen LogP contribution is 2.25. The number of piperidine rings is 1. The second kappa shape index (κ2) is 6.46. The van der Waals surface area contributed by atoms with Crippen LogP contribution in [0.4, 0.5) is 4.79 Å². The fraction of sp³-hybridized carbons (Fsp3) is 0.867. The maximum absolute atomic E-state index is 12.0. The van der Waals surface area contributed by atoms with Crippen LogP contribution in [0.3, 0.4) is 0 Å². The Balaban J connectivity index is 1.71. The molecule has 1 heterocycles. The molecular formula is C15H27N3O2. The third-order valence-corrected chi connectivity index (χ3v) is 4.17. The van der Waals surface area contributed by atoms with Gasteiger partial charge in [-0.2, -0.15) is 0 Å². The first-order valence-corrected chi connectivity index (χ1v) is 7.78. The van der Waals surface area contributed by atoms with Gasteiger partial charge in [-0.05, 0) is 31.6 Å². The zero-order valence-electron chi connectivity index (χ0n) is 12.9. The molecule has 0 spiro atoms. The summed E-state index contributed by atoms with van der Waals surface area (Å²) < 4.78 is 0. The van der Waals surface area contributed by atoms with E-state index >= 15 is 0 Å². The van der Waals surface area contributed by atoms with Crippen LogP contribution in [-0.2, 0) is 4.79 Å². The molecule has 0 atom stereocenters. The third kappa shape index (κ3) is 4.12. The summed E-state index contributed by atoms with van der Waals surface area (Å²) >= 11 is 0. The van der Waals surface area contributed by atoms with Crippen LogP contribution in [-0.4, -0.2) is 54.0 Å². The van der Waals surface area contributed by atoms with E-state index in [1.807, 2.05) is 16.8 Å². The second-order valence-electron chi connectivity index (χ2n) is 6.54. The molecule has 1 saturated carbocycles. The van der Waals surface area contributed by atoms with Crippen molar-refractivity contribution in [3.63, 3.8) is 0 Å². The monoisotopic (exact) mass is 281 g/mol. The summed E-state index contributed by atoms with van der Waals surface area (Å²) in [5.41, 5.74) is 0. The first-order valence-electron chi connectivity index (χ1n) is 7.78. The zero-order chi connectivity index (χ0) is 14.7. The van der Waals surface area contributed by atoms with Gasteiger partial charge in [0, 0.05) is 38.6 Å². The summed E-state index contributed by atoms with van der Waals surface area (Å²) in [6.07, 6.45) is 4.63. The molecule has 0 bridgehead atoms. The minimum Gasteiger partial charge on any atom is -0.343 e. The van der Waals surface area contributed by atoms with Gasteiger partial charge < -0.3 is 15.1 Å². The molecular weight excluding hydrogens is 254 g/mol. The van der Waals surface area contributed by atoms with E-state index in [4.69, 9.17) is 0 Å². The number of carbonyl (C=O) groups is 2. The molecule has 1 aliphatic heterocycles. The van der Waals surface area contributed by atoms with Crippen LogP contribution in [0.2, 0.25) is 0 Å². The number of nitrogens with zero attached hydrogens (tertiary/aromatic N) is 2. The van der Waals surface area contributed by atoms with E-state index in [2.05, 4.69) is 19.2 Å². The minimum atomic E-state index is 0.0412. The van der Waals surface area contributed by atoms with E-state index in [0.29, 0.717) is 18.4 Å². The predicted molar refractivity (Wildman–Crippen MR) is 78.4 cm³/mol. The Hall–Kier alpha value is -1.26. The summed E-state index contributed by atoms with van der Waals surface area (Å²) in [6, 6.07) is 0.703. The molecule has 5 heteroatoms. The molecule has 0 aromatic carbocycles. The molecule has 0 aromatic heterocycles. The molecule has 0 radical (unpaired) electrons. The number of likely N-dealkylation sites (tertiary alicyclic amines) is 1. The van der Waals surface area contributed by atoms with Crippen molar-refractivity contribution in [3.05, 3.63) is 0 Å². The Morgan fingerprint density at radius 2 is 1.80 bits per heavy atom. The van der Waals surface area contributed by atoms with Gasteiger partial charge in [0.25, 0.3) is 0 Å². The van der Waals surface area contributed by atoms with Gasteiger partial charge in [-0.1, -0.05) is 13.8 Å². The highest BCUT2D eigenvalue weighted by Gasteiger charge is 2.31. The molecule has 5 nitrogen and oxygen atoms in total. The lowest BCUT2D eigenvalue weighted by molar-refractivity contribution is -0.133. The predicted octanol–water partition coefficient (Wildman–Crippen LogP) is 1.83. The van der Waals surface area contributed by atoms with E-state index in [1.54, 1.807) is 0 Å². The number of hydrogen-bond acceptors (Lipinski definition) is 2. The molecule has 114 valence electrons. The molecule has 1 aliphatic carbocycles. The van der Waals surface area contributed by atoms with Crippen LogP contribution in [0.25, 0.3) is 0 Å². The summed E-state index contributed by atoms with van der Waals surface area (Å²) in [6.45, 7) is 5.67. The average Bonchev–Trinajstić information content (AvgIpc) is 3.22. The Morgan fingerprint density at radius 3 is 2.30 bits per heavy atom. The van der Waals surface area contributed by atoms with E-state index in [-0.39, 0.29) is 18.0 Å². The lowest BCUT2D eigenvalue weighted by Crippen LogP contribution is -2.49. The zero-order valence-corrected chi connectivity index (χ0v) is 12.9. The second-order valence-corrected chi connectivity index (χ2v) is 6.54. The molecule has 2 rings (SSSR count). The standard InChI is InChI=1S/C15H27N3O2/c1-11(2)10-14(19)18-8-6-12(7-9-18)16-15(20)17(3)13-4-5-13/h11-13H,4-10H2,1-3H3,(H,16,20). The molecule has 20 heavy (non-hydrogen) atoms. The number of hydrogen-bond donors (Lipinski definition) is 1. The largest absolute Gasteiger partial charge is 0.343 e.